The highest BCUT2D eigenvalue weighted by Crippen LogP contribution is 2.18. The number of hydrogen-bond acceptors (Lipinski definition) is 1. The van der Waals surface area contributed by atoms with E-state index in [0.29, 0.717) is 17.4 Å². The summed E-state index contributed by atoms with van der Waals surface area (Å²) in [6.07, 6.45) is 0. The summed E-state index contributed by atoms with van der Waals surface area (Å²) in [6, 6.07) is 3.89. The van der Waals surface area contributed by atoms with Gasteiger partial charge < -0.3 is 0 Å². The van der Waals surface area contributed by atoms with Gasteiger partial charge in [0, 0.05) is 22.9 Å². The molecule has 0 fully saturated rings. The lowest BCUT2D eigenvalue weighted by molar-refractivity contribution is 0.566. The van der Waals surface area contributed by atoms with Crippen LogP contribution < -0.4 is 0 Å². The first-order chi connectivity index (χ1) is 6.25. The molecule has 0 atom stereocenters. The Morgan fingerprint density at radius 2 is 1.85 bits per heavy atom. The zero-order chi connectivity index (χ0) is 9.68. The third-order valence-corrected chi connectivity index (χ3v) is 2.93. The van der Waals surface area contributed by atoms with Gasteiger partial charge in [-0.3, -0.25) is 0 Å². The Balaban J connectivity index is 2.64. The van der Waals surface area contributed by atoms with E-state index in [9.17, 15) is 8.78 Å². The summed E-state index contributed by atoms with van der Waals surface area (Å²) in [6.45, 7) is 0. The Morgan fingerprint density at radius 1 is 1.23 bits per heavy atom. The molecule has 0 aliphatic carbocycles. The van der Waals surface area contributed by atoms with Crippen molar-refractivity contribution in [3.05, 3.63) is 35.4 Å². The standard InChI is InChI=1S/C9H9ClF2S/c10-4-5-13-6-7-8(11)2-1-3-9(7)12/h1-3H,4-6H2. The molecule has 0 saturated carbocycles. The monoisotopic (exact) mass is 222 g/mol. The molecule has 1 aromatic rings. The van der Waals surface area contributed by atoms with Crippen LogP contribution >= 0.6 is 23.4 Å². The van der Waals surface area contributed by atoms with Gasteiger partial charge in [0.2, 0.25) is 0 Å². The molecule has 0 saturated heterocycles. The van der Waals surface area contributed by atoms with Gasteiger partial charge in [-0.15, -0.1) is 11.6 Å². The van der Waals surface area contributed by atoms with Crippen molar-refractivity contribution in [2.45, 2.75) is 5.75 Å². The lowest BCUT2D eigenvalue weighted by Gasteiger charge is -2.02. The molecule has 13 heavy (non-hydrogen) atoms. The largest absolute Gasteiger partial charge is 0.207 e. The average molecular weight is 223 g/mol. The first-order valence-corrected chi connectivity index (χ1v) is 5.51. The van der Waals surface area contributed by atoms with Crippen molar-refractivity contribution in [2.75, 3.05) is 11.6 Å². The predicted octanol–water partition coefficient (Wildman–Crippen LogP) is 3.44. The summed E-state index contributed by atoms with van der Waals surface area (Å²) < 4.78 is 26.0. The molecule has 0 aliphatic heterocycles. The van der Waals surface area contributed by atoms with Gasteiger partial charge in [-0.05, 0) is 12.1 Å². The molecule has 0 unspecified atom stereocenters. The van der Waals surface area contributed by atoms with E-state index in [1.807, 2.05) is 0 Å². The summed E-state index contributed by atoms with van der Waals surface area (Å²) in [5.74, 6) is 0.575. The summed E-state index contributed by atoms with van der Waals surface area (Å²) in [5, 5.41) is 0. The summed E-state index contributed by atoms with van der Waals surface area (Å²) in [4.78, 5) is 0. The fraction of sp³-hybridized carbons (Fsp3) is 0.333. The predicted molar refractivity (Wildman–Crippen MR) is 53.2 cm³/mol. The molecule has 72 valence electrons. The van der Waals surface area contributed by atoms with Gasteiger partial charge in [0.1, 0.15) is 11.6 Å². The van der Waals surface area contributed by atoms with Gasteiger partial charge in [-0.25, -0.2) is 8.78 Å². The Bertz CT molecular complexity index is 258. The number of rotatable bonds is 4. The molecule has 0 N–H and O–H groups in total. The van der Waals surface area contributed by atoms with Gasteiger partial charge in [-0.2, -0.15) is 11.8 Å². The highest BCUT2D eigenvalue weighted by atomic mass is 35.5. The normalized spacial score (nSPS) is 10.4. The topological polar surface area (TPSA) is 0 Å². The van der Waals surface area contributed by atoms with E-state index >= 15 is 0 Å². The highest BCUT2D eigenvalue weighted by molar-refractivity contribution is 7.98. The third-order valence-electron chi connectivity index (χ3n) is 1.53. The van der Waals surface area contributed by atoms with Crippen LogP contribution in [0.4, 0.5) is 8.78 Å². The molecule has 0 nitrogen and oxygen atoms in total. The lowest BCUT2D eigenvalue weighted by Crippen LogP contribution is -1.93. The van der Waals surface area contributed by atoms with Gasteiger partial charge >= 0.3 is 0 Å². The maximum atomic E-state index is 13.0. The van der Waals surface area contributed by atoms with Crippen LogP contribution in [0.15, 0.2) is 18.2 Å². The molecule has 0 heterocycles. The number of alkyl halides is 1. The van der Waals surface area contributed by atoms with Crippen molar-refractivity contribution in [3.63, 3.8) is 0 Å². The van der Waals surface area contributed by atoms with E-state index < -0.39 is 11.6 Å². The van der Waals surface area contributed by atoms with Crippen LogP contribution in [0.2, 0.25) is 0 Å². The van der Waals surface area contributed by atoms with Crippen LogP contribution in [0.25, 0.3) is 0 Å². The molecule has 0 bridgehead atoms. The number of thioether (sulfide) groups is 1. The second kappa shape index (κ2) is 5.45. The maximum absolute atomic E-state index is 13.0. The fourth-order valence-corrected chi connectivity index (χ4v) is 1.96. The minimum absolute atomic E-state index is 0.137. The second-order valence-electron chi connectivity index (χ2n) is 2.44. The van der Waals surface area contributed by atoms with Crippen LogP contribution in [-0.4, -0.2) is 11.6 Å². The van der Waals surface area contributed by atoms with Crippen molar-refractivity contribution in [3.8, 4) is 0 Å². The minimum Gasteiger partial charge on any atom is -0.207 e. The van der Waals surface area contributed by atoms with Gasteiger partial charge in [0.25, 0.3) is 0 Å². The molecule has 0 aliphatic rings. The second-order valence-corrected chi connectivity index (χ2v) is 3.92. The molecule has 1 rings (SSSR count). The van der Waals surface area contributed by atoms with E-state index in [0.717, 1.165) is 0 Å². The van der Waals surface area contributed by atoms with Crippen LogP contribution in [0.5, 0.6) is 0 Å². The molecule has 0 radical (unpaired) electrons. The Labute approximate surface area is 85.3 Å². The Kier molecular flexibility index (Phi) is 4.53. The summed E-state index contributed by atoms with van der Waals surface area (Å²) in [7, 11) is 0. The lowest BCUT2D eigenvalue weighted by atomic mass is 10.2. The van der Waals surface area contributed by atoms with E-state index in [2.05, 4.69) is 0 Å². The zero-order valence-electron chi connectivity index (χ0n) is 6.90. The van der Waals surface area contributed by atoms with E-state index in [1.165, 1.54) is 30.0 Å². The SMILES string of the molecule is Fc1cccc(F)c1CSCCCl. The molecule has 0 amide bonds. The number of hydrogen-bond donors (Lipinski definition) is 0. The van der Waals surface area contributed by atoms with Crippen LogP contribution in [0.1, 0.15) is 5.56 Å². The number of halogens is 3. The molecule has 0 spiro atoms. The van der Waals surface area contributed by atoms with Crippen LogP contribution in [0.3, 0.4) is 0 Å². The Morgan fingerprint density at radius 3 is 2.38 bits per heavy atom. The quantitative estimate of drug-likeness (QED) is 0.556. The van der Waals surface area contributed by atoms with Gasteiger partial charge in [0.15, 0.2) is 0 Å². The molecule has 4 heteroatoms. The van der Waals surface area contributed by atoms with E-state index in [-0.39, 0.29) is 5.56 Å². The van der Waals surface area contributed by atoms with Crippen molar-refractivity contribution < 1.29 is 8.78 Å². The first kappa shape index (κ1) is 10.8. The van der Waals surface area contributed by atoms with Gasteiger partial charge in [0.05, 0.1) is 0 Å². The van der Waals surface area contributed by atoms with Crippen molar-refractivity contribution in [1.82, 2.24) is 0 Å². The van der Waals surface area contributed by atoms with E-state index in [4.69, 9.17) is 11.6 Å². The third kappa shape index (κ3) is 3.16. The maximum Gasteiger partial charge on any atom is 0.130 e. The zero-order valence-corrected chi connectivity index (χ0v) is 8.47. The number of benzene rings is 1. The molecular weight excluding hydrogens is 214 g/mol. The minimum atomic E-state index is -0.484. The van der Waals surface area contributed by atoms with Crippen molar-refractivity contribution in [1.29, 1.82) is 0 Å². The molecule has 1 aromatic carbocycles. The fourth-order valence-electron chi connectivity index (χ4n) is 0.899. The summed E-state index contributed by atoms with van der Waals surface area (Å²) in [5.41, 5.74) is 0.137. The average Bonchev–Trinajstić information content (AvgIpc) is 2.10. The van der Waals surface area contributed by atoms with Crippen molar-refractivity contribution in [2.24, 2.45) is 0 Å². The molecular formula is C9H9ClF2S. The van der Waals surface area contributed by atoms with Gasteiger partial charge in [-0.1, -0.05) is 6.07 Å². The van der Waals surface area contributed by atoms with E-state index in [1.54, 1.807) is 0 Å². The van der Waals surface area contributed by atoms with Crippen LogP contribution in [0, 0.1) is 11.6 Å². The van der Waals surface area contributed by atoms with Crippen molar-refractivity contribution >= 4 is 23.4 Å². The first-order valence-electron chi connectivity index (χ1n) is 3.82. The molecule has 0 aromatic heterocycles. The summed E-state index contributed by atoms with van der Waals surface area (Å²) >= 11 is 6.86. The Hall–Kier alpha value is -0.280. The van der Waals surface area contributed by atoms with Crippen LogP contribution in [-0.2, 0) is 5.75 Å². The smallest absolute Gasteiger partial charge is 0.130 e. The highest BCUT2D eigenvalue weighted by Gasteiger charge is 2.07.